The first kappa shape index (κ1) is 18.7. The Labute approximate surface area is 162 Å². The van der Waals surface area contributed by atoms with E-state index in [4.69, 9.17) is 21.1 Å². The SMILES string of the molecule is COc1cc(C(=O)N[C@@H](c2ccccc2)c2ccccn2)cc(Cl)c1OC. The first-order valence-corrected chi connectivity index (χ1v) is 8.70. The summed E-state index contributed by atoms with van der Waals surface area (Å²) in [5, 5.41) is 3.33. The van der Waals surface area contributed by atoms with Gasteiger partial charge in [0.05, 0.1) is 31.0 Å². The molecule has 0 fully saturated rings. The monoisotopic (exact) mass is 382 g/mol. The minimum Gasteiger partial charge on any atom is -0.493 e. The van der Waals surface area contributed by atoms with Crippen molar-refractivity contribution in [2.24, 2.45) is 0 Å². The molecule has 0 radical (unpaired) electrons. The quantitative estimate of drug-likeness (QED) is 0.691. The van der Waals surface area contributed by atoms with E-state index in [0.717, 1.165) is 11.3 Å². The molecule has 1 heterocycles. The number of amides is 1. The van der Waals surface area contributed by atoms with Crippen molar-refractivity contribution >= 4 is 17.5 Å². The van der Waals surface area contributed by atoms with Crippen molar-refractivity contribution in [2.45, 2.75) is 6.04 Å². The molecule has 1 amide bonds. The maximum Gasteiger partial charge on any atom is 0.252 e. The molecule has 0 saturated heterocycles. The molecule has 3 aromatic rings. The maximum absolute atomic E-state index is 12.9. The molecule has 1 aromatic heterocycles. The number of nitrogens with one attached hydrogen (secondary N) is 1. The highest BCUT2D eigenvalue weighted by atomic mass is 35.5. The molecule has 5 nitrogen and oxygen atoms in total. The average Bonchev–Trinajstić information content (AvgIpc) is 2.72. The van der Waals surface area contributed by atoms with E-state index < -0.39 is 6.04 Å². The molecule has 138 valence electrons. The van der Waals surface area contributed by atoms with Crippen LogP contribution in [0.4, 0.5) is 0 Å². The third-order valence-corrected chi connectivity index (χ3v) is 4.37. The summed E-state index contributed by atoms with van der Waals surface area (Å²) in [6.45, 7) is 0. The van der Waals surface area contributed by atoms with Crippen LogP contribution in [0.15, 0.2) is 66.9 Å². The van der Waals surface area contributed by atoms with Gasteiger partial charge in [-0.2, -0.15) is 0 Å². The van der Waals surface area contributed by atoms with Crippen LogP contribution in [0.25, 0.3) is 0 Å². The van der Waals surface area contributed by atoms with E-state index in [1.807, 2.05) is 48.5 Å². The second kappa shape index (κ2) is 8.56. The average molecular weight is 383 g/mol. The van der Waals surface area contributed by atoms with E-state index >= 15 is 0 Å². The molecule has 0 saturated carbocycles. The van der Waals surface area contributed by atoms with E-state index in [1.165, 1.54) is 14.2 Å². The van der Waals surface area contributed by atoms with Gasteiger partial charge in [-0.15, -0.1) is 0 Å². The van der Waals surface area contributed by atoms with Gasteiger partial charge in [-0.3, -0.25) is 9.78 Å². The lowest BCUT2D eigenvalue weighted by Gasteiger charge is -2.19. The Morgan fingerprint density at radius 3 is 2.41 bits per heavy atom. The van der Waals surface area contributed by atoms with E-state index in [0.29, 0.717) is 22.1 Å². The van der Waals surface area contributed by atoms with Gasteiger partial charge in [0, 0.05) is 11.8 Å². The van der Waals surface area contributed by atoms with Crippen molar-refractivity contribution in [1.82, 2.24) is 10.3 Å². The van der Waals surface area contributed by atoms with Gasteiger partial charge in [0.25, 0.3) is 5.91 Å². The van der Waals surface area contributed by atoms with Crippen LogP contribution >= 0.6 is 11.6 Å². The number of rotatable bonds is 6. The Hall–Kier alpha value is -3.05. The number of carbonyl (C=O) groups excluding carboxylic acids is 1. The van der Waals surface area contributed by atoms with Gasteiger partial charge in [0.2, 0.25) is 0 Å². The lowest BCUT2D eigenvalue weighted by atomic mass is 10.0. The van der Waals surface area contributed by atoms with E-state index in [-0.39, 0.29) is 5.91 Å². The van der Waals surface area contributed by atoms with Crippen LogP contribution < -0.4 is 14.8 Å². The summed E-state index contributed by atoms with van der Waals surface area (Å²) in [4.78, 5) is 17.3. The molecule has 0 unspecified atom stereocenters. The second-order valence-electron chi connectivity index (χ2n) is 5.77. The second-order valence-corrected chi connectivity index (χ2v) is 6.17. The maximum atomic E-state index is 12.9. The molecule has 2 aromatic carbocycles. The standard InChI is InChI=1S/C21H19ClN2O3/c1-26-18-13-15(12-16(22)20(18)27-2)21(25)24-19(14-8-4-3-5-9-14)17-10-6-7-11-23-17/h3-13,19H,1-2H3,(H,24,25)/t19-/m0/s1. The van der Waals surface area contributed by atoms with Crippen LogP contribution in [-0.2, 0) is 0 Å². The van der Waals surface area contributed by atoms with Gasteiger partial charge in [0.15, 0.2) is 11.5 Å². The summed E-state index contributed by atoms with van der Waals surface area (Å²) in [6, 6.07) is 18.0. The highest BCUT2D eigenvalue weighted by Crippen LogP contribution is 2.36. The number of aromatic nitrogens is 1. The van der Waals surface area contributed by atoms with Crippen molar-refractivity contribution in [3.05, 3.63) is 88.7 Å². The zero-order chi connectivity index (χ0) is 19.2. The lowest BCUT2D eigenvalue weighted by Crippen LogP contribution is -2.30. The molecule has 0 aliphatic heterocycles. The molecule has 0 spiro atoms. The molecular formula is C21H19ClN2O3. The summed E-state index contributed by atoms with van der Waals surface area (Å²) in [7, 11) is 2.99. The number of ether oxygens (including phenoxy) is 2. The Morgan fingerprint density at radius 1 is 1.04 bits per heavy atom. The van der Waals surface area contributed by atoms with Crippen molar-refractivity contribution in [1.29, 1.82) is 0 Å². The molecule has 0 bridgehead atoms. The van der Waals surface area contributed by atoms with Crippen LogP contribution in [0.1, 0.15) is 27.7 Å². The van der Waals surface area contributed by atoms with Crippen LogP contribution in [0.5, 0.6) is 11.5 Å². The molecule has 0 aliphatic rings. The first-order valence-electron chi connectivity index (χ1n) is 8.32. The predicted molar refractivity (Wildman–Crippen MR) is 105 cm³/mol. The number of hydrogen-bond acceptors (Lipinski definition) is 4. The van der Waals surface area contributed by atoms with Crippen molar-refractivity contribution < 1.29 is 14.3 Å². The fourth-order valence-electron chi connectivity index (χ4n) is 2.78. The normalized spacial score (nSPS) is 11.5. The predicted octanol–water partition coefficient (Wildman–Crippen LogP) is 4.27. The molecule has 6 heteroatoms. The van der Waals surface area contributed by atoms with Crippen molar-refractivity contribution in [2.75, 3.05) is 14.2 Å². The summed E-state index contributed by atoms with van der Waals surface area (Å²) in [6.07, 6.45) is 1.70. The van der Waals surface area contributed by atoms with Crippen LogP contribution in [0.3, 0.4) is 0 Å². The molecule has 3 rings (SSSR count). The molecule has 0 aliphatic carbocycles. The van der Waals surface area contributed by atoms with Crippen LogP contribution in [-0.4, -0.2) is 25.1 Å². The molecule has 1 N–H and O–H groups in total. The van der Waals surface area contributed by atoms with E-state index in [9.17, 15) is 4.79 Å². The van der Waals surface area contributed by atoms with Gasteiger partial charge >= 0.3 is 0 Å². The minimum absolute atomic E-state index is 0.294. The Morgan fingerprint density at radius 2 is 1.78 bits per heavy atom. The van der Waals surface area contributed by atoms with E-state index in [2.05, 4.69) is 10.3 Å². The third kappa shape index (κ3) is 4.20. The highest BCUT2D eigenvalue weighted by Gasteiger charge is 2.21. The summed E-state index contributed by atoms with van der Waals surface area (Å²) >= 11 is 6.23. The summed E-state index contributed by atoms with van der Waals surface area (Å²) < 4.78 is 10.5. The Balaban J connectivity index is 1.95. The first-order chi connectivity index (χ1) is 13.1. The molecule has 1 atom stereocenters. The van der Waals surface area contributed by atoms with Crippen LogP contribution in [0, 0.1) is 0 Å². The fourth-order valence-corrected chi connectivity index (χ4v) is 3.07. The van der Waals surface area contributed by atoms with Gasteiger partial charge < -0.3 is 14.8 Å². The zero-order valence-corrected chi connectivity index (χ0v) is 15.7. The van der Waals surface area contributed by atoms with Crippen LogP contribution in [0.2, 0.25) is 5.02 Å². The third-order valence-electron chi connectivity index (χ3n) is 4.09. The van der Waals surface area contributed by atoms with Gasteiger partial charge in [-0.1, -0.05) is 48.0 Å². The Kier molecular flexibility index (Phi) is 5.94. The number of hydrogen-bond donors (Lipinski definition) is 1. The molecular weight excluding hydrogens is 364 g/mol. The number of benzene rings is 2. The Bertz CT molecular complexity index is 878. The molecule has 27 heavy (non-hydrogen) atoms. The van der Waals surface area contributed by atoms with Gasteiger partial charge in [-0.05, 0) is 29.8 Å². The number of nitrogens with zero attached hydrogens (tertiary/aromatic N) is 1. The number of pyridine rings is 1. The largest absolute Gasteiger partial charge is 0.493 e. The smallest absolute Gasteiger partial charge is 0.252 e. The van der Waals surface area contributed by atoms with Crippen molar-refractivity contribution in [3.8, 4) is 11.5 Å². The number of carbonyl (C=O) groups is 1. The highest BCUT2D eigenvalue weighted by molar-refractivity contribution is 6.32. The fraction of sp³-hybridized carbons (Fsp3) is 0.143. The summed E-state index contributed by atoms with van der Waals surface area (Å²) in [5.74, 6) is 0.488. The van der Waals surface area contributed by atoms with Gasteiger partial charge in [-0.25, -0.2) is 0 Å². The minimum atomic E-state index is -0.397. The summed E-state index contributed by atoms with van der Waals surface area (Å²) in [5.41, 5.74) is 2.04. The zero-order valence-electron chi connectivity index (χ0n) is 15.0. The lowest BCUT2D eigenvalue weighted by molar-refractivity contribution is 0.0942. The number of halogens is 1. The topological polar surface area (TPSA) is 60.5 Å². The van der Waals surface area contributed by atoms with Gasteiger partial charge in [0.1, 0.15) is 0 Å². The van der Waals surface area contributed by atoms with E-state index in [1.54, 1.807) is 18.3 Å². The van der Waals surface area contributed by atoms with Crippen molar-refractivity contribution in [3.63, 3.8) is 0 Å². The number of methoxy groups -OCH3 is 2.